The van der Waals surface area contributed by atoms with Gasteiger partial charge in [0.1, 0.15) is 5.69 Å². The molecule has 0 aliphatic carbocycles. The van der Waals surface area contributed by atoms with E-state index in [1.165, 1.54) is 0 Å². The van der Waals surface area contributed by atoms with Gasteiger partial charge in [-0.2, -0.15) is 5.10 Å². The highest BCUT2D eigenvalue weighted by molar-refractivity contribution is 6.33. The number of aromatic amines is 1. The molecule has 0 spiro atoms. The van der Waals surface area contributed by atoms with Crippen molar-refractivity contribution in [3.05, 3.63) is 41.0 Å². The molecule has 7 heteroatoms. The molecule has 2 unspecified atom stereocenters. The van der Waals surface area contributed by atoms with E-state index in [9.17, 15) is 4.79 Å². The Balaban J connectivity index is 0.00000192. The van der Waals surface area contributed by atoms with Gasteiger partial charge in [0.2, 0.25) is 0 Å². The maximum absolute atomic E-state index is 12.3. The van der Waals surface area contributed by atoms with Crippen molar-refractivity contribution >= 4 is 29.9 Å². The van der Waals surface area contributed by atoms with E-state index in [1.807, 2.05) is 18.2 Å². The highest BCUT2D eigenvalue weighted by Crippen LogP contribution is 2.26. The third-order valence-electron chi connectivity index (χ3n) is 4.12. The number of hydrogen-bond donors (Lipinski definition) is 3. The van der Waals surface area contributed by atoms with Gasteiger partial charge in [0.05, 0.1) is 10.7 Å². The zero-order valence-electron chi connectivity index (χ0n) is 12.8. The summed E-state index contributed by atoms with van der Waals surface area (Å²) in [6, 6.07) is 9.33. The van der Waals surface area contributed by atoms with Crippen molar-refractivity contribution in [2.45, 2.75) is 19.4 Å². The molecule has 2 aromatic rings. The molecule has 0 radical (unpaired) electrons. The van der Waals surface area contributed by atoms with Crippen LogP contribution in [0.3, 0.4) is 0 Å². The first-order valence-corrected chi connectivity index (χ1v) is 7.85. The molecule has 1 fully saturated rings. The molecular formula is C16H20Cl2N4O. The lowest BCUT2D eigenvalue weighted by atomic mass is 9.95. The molecule has 0 saturated carbocycles. The first kappa shape index (κ1) is 17.8. The summed E-state index contributed by atoms with van der Waals surface area (Å²) < 4.78 is 0. The molecule has 2 atom stereocenters. The largest absolute Gasteiger partial charge is 0.346 e. The summed E-state index contributed by atoms with van der Waals surface area (Å²) in [6.07, 6.45) is 1.07. The summed E-state index contributed by atoms with van der Waals surface area (Å²) in [5.74, 6) is 0.336. The minimum Gasteiger partial charge on any atom is -0.346 e. The number of nitrogens with zero attached hydrogens (tertiary/aromatic N) is 1. The Morgan fingerprint density at radius 1 is 1.39 bits per heavy atom. The monoisotopic (exact) mass is 354 g/mol. The molecule has 2 heterocycles. The number of H-pyrrole nitrogens is 1. The minimum absolute atomic E-state index is 0. The first-order valence-electron chi connectivity index (χ1n) is 7.47. The fraction of sp³-hybridized carbons (Fsp3) is 0.375. The Morgan fingerprint density at radius 2 is 2.17 bits per heavy atom. The molecule has 23 heavy (non-hydrogen) atoms. The van der Waals surface area contributed by atoms with E-state index in [0.717, 1.165) is 25.1 Å². The van der Waals surface area contributed by atoms with Crippen molar-refractivity contribution in [1.29, 1.82) is 0 Å². The van der Waals surface area contributed by atoms with Crippen LogP contribution < -0.4 is 10.6 Å². The van der Waals surface area contributed by atoms with Crippen molar-refractivity contribution in [3.8, 4) is 11.3 Å². The highest BCUT2D eigenvalue weighted by Gasteiger charge is 2.23. The van der Waals surface area contributed by atoms with Gasteiger partial charge in [0, 0.05) is 18.2 Å². The number of carbonyl (C=O) groups is 1. The maximum Gasteiger partial charge on any atom is 0.269 e. The molecule has 1 aromatic carbocycles. The number of nitrogens with one attached hydrogen (secondary N) is 3. The Kier molecular flexibility index (Phi) is 6.04. The second kappa shape index (κ2) is 7.81. The van der Waals surface area contributed by atoms with Crippen LogP contribution >= 0.6 is 24.0 Å². The summed E-state index contributed by atoms with van der Waals surface area (Å²) in [4.78, 5) is 12.3. The molecule has 5 nitrogen and oxygen atoms in total. The molecule has 3 N–H and O–H groups in total. The second-order valence-electron chi connectivity index (χ2n) is 5.70. The molecule has 124 valence electrons. The summed E-state index contributed by atoms with van der Waals surface area (Å²) in [7, 11) is 0. The lowest BCUT2D eigenvalue weighted by Crippen LogP contribution is -2.50. The van der Waals surface area contributed by atoms with Gasteiger partial charge in [-0.05, 0) is 31.0 Å². The van der Waals surface area contributed by atoms with Crippen molar-refractivity contribution in [2.24, 2.45) is 5.92 Å². The second-order valence-corrected chi connectivity index (χ2v) is 6.10. The van der Waals surface area contributed by atoms with Crippen LogP contribution in [0.5, 0.6) is 0 Å². The van der Waals surface area contributed by atoms with E-state index in [0.29, 0.717) is 22.3 Å². The number of rotatable bonds is 3. The topological polar surface area (TPSA) is 69.8 Å². The number of piperidine rings is 1. The molecule has 1 saturated heterocycles. The molecule has 1 aliphatic heterocycles. The average molecular weight is 355 g/mol. The van der Waals surface area contributed by atoms with Gasteiger partial charge in [-0.15, -0.1) is 12.4 Å². The Labute approximate surface area is 146 Å². The molecule has 1 aromatic heterocycles. The third kappa shape index (κ3) is 4.05. The number of halogens is 2. The van der Waals surface area contributed by atoms with Gasteiger partial charge in [-0.3, -0.25) is 9.89 Å². The van der Waals surface area contributed by atoms with Crippen molar-refractivity contribution < 1.29 is 4.79 Å². The van der Waals surface area contributed by atoms with Gasteiger partial charge in [0.15, 0.2) is 0 Å². The zero-order valence-corrected chi connectivity index (χ0v) is 14.4. The summed E-state index contributed by atoms with van der Waals surface area (Å²) in [5.41, 5.74) is 1.94. The van der Waals surface area contributed by atoms with Gasteiger partial charge < -0.3 is 10.6 Å². The molecular weight excluding hydrogens is 335 g/mol. The SMILES string of the molecule is CC1CCNCC1NC(=O)c1cc(-c2ccccc2Cl)n[nH]1.Cl. The normalized spacial score (nSPS) is 20.6. The number of amides is 1. The van der Waals surface area contributed by atoms with Gasteiger partial charge in [0.25, 0.3) is 5.91 Å². The van der Waals surface area contributed by atoms with Crippen LogP contribution in [0.1, 0.15) is 23.8 Å². The van der Waals surface area contributed by atoms with Crippen LogP contribution in [-0.4, -0.2) is 35.2 Å². The zero-order chi connectivity index (χ0) is 15.5. The molecule has 0 bridgehead atoms. The van der Waals surface area contributed by atoms with Gasteiger partial charge in [-0.1, -0.05) is 36.7 Å². The first-order chi connectivity index (χ1) is 10.6. The number of benzene rings is 1. The van der Waals surface area contributed by atoms with Crippen molar-refractivity contribution in [2.75, 3.05) is 13.1 Å². The fourth-order valence-electron chi connectivity index (χ4n) is 2.67. The highest BCUT2D eigenvalue weighted by atomic mass is 35.5. The third-order valence-corrected chi connectivity index (χ3v) is 4.45. The average Bonchev–Trinajstić information content (AvgIpc) is 3.00. The Bertz CT molecular complexity index is 674. The lowest BCUT2D eigenvalue weighted by Gasteiger charge is -2.29. The molecule has 1 amide bonds. The smallest absolute Gasteiger partial charge is 0.269 e. The Hall–Kier alpha value is -1.56. The van der Waals surface area contributed by atoms with Crippen molar-refractivity contribution in [1.82, 2.24) is 20.8 Å². The van der Waals surface area contributed by atoms with E-state index in [1.54, 1.807) is 12.1 Å². The van der Waals surface area contributed by atoms with Crippen LogP contribution in [0.2, 0.25) is 5.02 Å². The van der Waals surface area contributed by atoms with Gasteiger partial charge >= 0.3 is 0 Å². The van der Waals surface area contributed by atoms with Crippen LogP contribution in [0, 0.1) is 5.92 Å². The van der Waals surface area contributed by atoms with E-state index in [-0.39, 0.29) is 24.4 Å². The minimum atomic E-state index is -0.133. The van der Waals surface area contributed by atoms with Crippen LogP contribution in [0.25, 0.3) is 11.3 Å². The summed E-state index contributed by atoms with van der Waals surface area (Å²) in [5, 5.41) is 14.0. The van der Waals surface area contributed by atoms with E-state index in [4.69, 9.17) is 11.6 Å². The number of hydrogen-bond acceptors (Lipinski definition) is 3. The van der Waals surface area contributed by atoms with E-state index >= 15 is 0 Å². The quantitative estimate of drug-likeness (QED) is 0.793. The predicted octanol–water partition coefficient (Wildman–Crippen LogP) is 2.88. The van der Waals surface area contributed by atoms with Crippen molar-refractivity contribution in [3.63, 3.8) is 0 Å². The van der Waals surface area contributed by atoms with E-state index < -0.39 is 0 Å². The van der Waals surface area contributed by atoms with Gasteiger partial charge in [-0.25, -0.2) is 0 Å². The van der Waals surface area contributed by atoms with E-state index in [2.05, 4.69) is 27.8 Å². The molecule has 3 rings (SSSR count). The van der Waals surface area contributed by atoms with Crippen LogP contribution in [-0.2, 0) is 0 Å². The standard InChI is InChI=1S/C16H19ClN4O.ClH/c1-10-6-7-18-9-15(10)19-16(22)14-8-13(20-21-14)11-4-2-3-5-12(11)17;/h2-5,8,10,15,18H,6-7,9H2,1H3,(H,19,22)(H,20,21);1H. The summed E-state index contributed by atoms with van der Waals surface area (Å²) >= 11 is 6.16. The maximum atomic E-state index is 12.3. The predicted molar refractivity (Wildman–Crippen MR) is 94.2 cm³/mol. The summed E-state index contributed by atoms with van der Waals surface area (Å²) in [6.45, 7) is 3.97. The van der Waals surface area contributed by atoms with Crippen LogP contribution in [0.4, 0.5) is 0 Å². The lowest BCUT2D eigenvalue weighted by molar-refractivity contribution is 0.0910. The number of carbonyl (C=O) groups excluding carboxylic acids is 1. The number of aromatic nitrogens is 2. The Morgan fingerprint density at radius 3 is 2.91 bits per heavy atom. The van der Waals surface area contributed by atoms with Crippen LogP contribution in [0.15, 0.2) is 30.3 Å². The molecule has 1 aliphatic rings. The fourth-order valence-corrected chi connectivity index (χ4v) is 2.91.